The van der Waals surface area contributed by atoms with Crippen LogP contribution in [0.15, 0.2) is 36.5 Å². The lowest BCUT2D eigenvalue weighted by atomic mass is 9.82. The first-order valence-corrected chi connectivity index (χ1v) is 16.0. The largest absolute Gasteiger partial charge is 0.461 e. The van der Waals surface area contributed by atoms with Gasteiger partial charge in [0.1, 0.15) is 5.82 Å². The van der Waals surface area contributed by atoms with Crippen molar-refractivity contribution in [2.75, 3.05) is 37.6 Å². The Kier molecular flexibility index (Phi) is 10.7. The molecule has 1 aromatic carbocycles. The summed E-state index contributed by atoms with van der Waals surface area (Å²) in [4.78, 5) is 23.4. The van der Waals surface area contributed by atoms with Crippen LogP contribution in [0, 0.1) is 18.2 Å². The molecule has 2 aliphatic rings. The molecule has 7 heteroatoms. The molecule has 1 fully saturated rings. The predicted molar refractivity (Wildman–Crippen MR) is 173 cm³/mol. The maximum absolute atomic E-state index is 13.6. The minimum absolute atomic E-state index is 0.188. The number of hydrogen-bond acceptors (Lipinski definition) is 6. The maximum Gasteiger partial charge on any atom is 0.340 e. The highest BCUT2D eigenvalue weighted by molar-refractivity contribution is 5.85. The monoisotopic (exact) mass is 593 g/mol. The first-order valence-electron chi connectivity index (χ1n) is 16.0. The third-order valence-corrected chi connectivity index (χ3v) is 8.51. The van der Waals surface area contributed by atoms with Gasteiger partial charge in [-0.3, -0.25) is 9.88 Å². The summed E-state index contributed by atoms with van der Waals surface area (Å²) in [7, 11) is 0. The average molecular weight is 594 g/mol. The van der Waals surface area contributed by atoms with Gasteiger partial charge in [0.25, 0.3) is 0 Å². The van der Waals surface area contributed by atoms with Crippen molar-refractivity contribution in [3.8, 4) is 0 Å². The van der Waals surface area contributed by atoms with E-state index in [9.17, 15) is 9.18 Å². The SMILES string of the molecule is Cc1ncc(C2=CCN(CCCc3ccc(F)cc3)CC2)c(N2CCC(C)(C)CC2)c1[C@H](OC(C)(C)C)C(=O)OC(C)C. The first kappa shape index (κ1) is 33.1. The Hall–Kier alpha value is -2.77. The van der Waals surface area contributed by atoms with Crippen molar-refractivity contribution in [3.05, 3.63) is 64.7 Å². The Balaban J connectivity index is 1.64. The van der Waals surface area contributed by atoms with Gasteiger partial charge in [0, 0.05) is 49.2 Å². The Bertz CT molecular complexity index is 1270. The van der Waals surface area contributed by atoms with Gasteiger partial charge in [-0.15, -0.1) is 0 Å². The van der Waals surface area contributed by atoms with Gasteiger partial charge in [-0.1, -0.05) is 32.1 Å². The van der Waals surface area contributed by atoms with E-state index in [0.717, 1.165) is 87.3 Å². The molecule has 0 saturated carbocycles. The zero-order valence-electron chi connectivity index (χ0n) is 27.6. The number of nitrogens with zero attached hydrogens (tertiary/aromatic N) is 3. The summed E-state index contributed by atoms with van der Waals surface area (Å²) < 4.78 is 25.5. The van der Waals surface area contributed by atoms with Gasteiger partial charge in [0.15, 0.2) is 6.10 Å². The molecule has 1 saturated heterocycles. The number of hydrogen-bond donors (Lipinski definition) is 0. The van der Waals surface area contributed by atoms with Gasteiger partial charge in [-0.25, -0.2) is 9.18 Å². The van der Waals surface area contributed by atoms with Crippen LogP contribution in [-0.2, 0) is 20.7 Å². The second kappa shape index (κ2) is 13.9. The number of aromatic nitrogens is 1. The smallest absolute Gasteiger partial charge is 0.340 e. The molecular weight excluding hydrogens is 541 g/mol. The number of esters is 1. The maximum atomic E-state index is 13.6. The quantitative estimate of drug-likeness (QED) is 0.263. The molecule has 3 heterocycles. The summed E-state index contributed by atoms with van der Waals surface area (Å²) in [5.41, 5.74) is 6.00. The Labute approximate surface area is 258 Å². The lowest BCUT2D eigenvalue weighted by Gasteiger charge is -2.41. The van der Waals surface area contributed by atoms with Crippen LogP contribution in [0.3, 0.4) is 0 Å². The molecule has 6 nitrogen and oxygen atoms in total. The number of pyridine rings is 1. The molecule has 43 heavy (non-hydrogen) atoms. The second-order valence-corrected chi connectivity index (χ2v) is 14.3. The van der Waals surface area contributed by atoms with Crippen LogP contribution in [0.5, 0.6) is 0 Å². The summed E-state index contributed by atoms with van der Waals surface area (Å²) in [6, 6.07) is 6.83. The van der Waals surface area contributed by atoms with Crippen molar-refractivity contribution in [3.63, 3.8) is 0 Å². The van der Waals surface area contributed by atoms with Crippen LogP contribution in [0.4, 0.5) is 10.1 Å². The van der Waals surface area contributed by atoms with Gasteiger partial charge in [-0.2, -0.15) is 0 Å². The zero-order chi connectivity index (χ0) is 31.4. The molecule has 0 aliphatic carbocycles. The summed E-state index contributed by atoms with van der Waals surface area (Å²) in [5, 5.41) is 0. The van der Waals surface area contributed by atoms with E-state index in [0.29, 0.717) is 0 Å². The second-order valence-electron chi connectivity index (χ2n) is 14.3. The van der Waals surface area contributed by atoms with E-state index in [1.54, 1.807) is 0 Å². The van der Waals surface area contributed by atoms with E-state index in [4.69, 9.17) is 14.5 Å². The molecule has 0 spiro atoms. The van der Waals surface area contributed by atoms with E-state index in [1.807, 2.05) is 59.9 Å². The average Bonchev–Trinajstić information content (AvgIpc) is 2.92. The lowest BCUT2D eigenvalue weighted by molar-refractivity contribution is -0.171. The molecule has 1 atom stereocenters. The van der Waals surface area contributed by atoms with E-state index in [-0.39, 0.29) is 23.3 Å². The van der Waals surface area contributed by atoms with Crippen molar-refractivity contribution in [2.24, 2.45) is 5.41 Å². The fourth-order valence-electron chi connectivity index (χ4n) is 6.02. The fraction of sp³-hybridized carbons (Fsp3) is 0.611. The molecule has 4 rings (SSSR count). The number of carbonyl (C=O) groups is 1. The number of piperidine rings is 1. The highest BCUT2D eigenvalue weighted by atomic mass is 19.1. The molecule has 0 amide bonds. The third-order valence-electron chi connectivity index (χ3n) is 8.51. The van der Waals surface area contributed by atoms with E-state index in [1.165, 1.54) is 23.3 Å². The number of rotatable bonds is 10. The molecule has 2 aliphatic heterocycles. The van der Waals surface area contributed by atoms with E-state index < -0.39 is 11.7 Å². The van der Waals surface area contributed by atoms with Crippen LogP contribution in [0.2, 0.25) is 0 Å². The molecule has 0 N–H and O–H groups in total. The van der Waals surface area contributed by atoms with Gasteiger partial charge in [0.05, 0.1) is 17.4 Å². The summed E-state index contributed by atoms with van der Waals surface area (Å²) in [6.07, 6.45) is 8.27. The highest BCUT2D eigenvalue weighted by Gasteiger charge is 2.37. The van der Waals surface area contributed by atoms with Crippen LogP contribution < -0.4 is 4.90 Å². The van der Waals surface area contributed by atoms with Crippen LogP contribution >= 0.6 is 0 Å². The number of aryl methyl sites for hydroxylation is 2. The van der Waals surface area contributed by atoms with Crippen LogP contribution in [-0.4, -0.2) is 60.3 Å². The number of ether oxygens (including phenoxy) is 2. The Morgan fingerprint density at radius 2 is 1.77 bits per heavy atom. The van der Waals surface area contributed by atoms with Gasteiger partial charge in [0.2, 0.25) is 0 Å². The molecule has 0 radical (unpaired) electrons. The van der Waals surface area contributed by atoms with Gasteiger partial charge >= 0.3 is 5.97 Å². The highest BCUT2D eigenvalue weighted by Crippen LogP contribution is 2.43. The molecular formula is C36H52FN3O3. The Morgan fingerprint density at radius 3 is 2.35 bits per heavy atom. The van der Waals surface area contributed by atoms with Crippen molar-refractivity contribution in [1.29, 1.82) is 0 Å². The van der Waals surface area contributed by atoms with E-state index >= 15 is 0 Å². The van der Waals surface area contributed by atoms with E-state index in [2.05, 4.69) is 29.7 Å². The molecule has 236 valence electrons. The van der Waals surface area contributed by atoms with Crippen LogP contribution in [0.25, 0.3) is 5.57 Å². The minimum Gasteiger partial charge on any atom is -0.461 e. The van der Waals surface area contributed by atoms with Crippen molar-refractivity contribution >= 4 is 17.2 Å². The van der Waals surface area contributed by atoms with Gasteiger partial charge < -0.3 is 14.4 Å². The topological polar surface area (TPSA) is 54.9 Å². The lowest BCUT2D eigenvalue weighted by Crippen LogP contribution is -2.40. The van der Waals surface area contributed by atoms with Crippen molar-refractivity contribution in [1.82, 2.24) is 9.88 Å². The number of benzene rings is 1. The number of halogens is 1. The fourth-order valence-corrected chi connectivity index (χ4v) is 6.02. The van der Waals surface area contributed by atoms with Crippen molar-refractivity contribution < 1.29 is 18.7 Å². The number of carbonyl (C=O) groups excluding carboxylic acids is 1. The number of anilines is 1. The first-order chi connectivity index (χ1) is 20.2. The summed E-state index contributed by atoms with van der Waals surface area (Å²) in [5.74, 6) is -0.553. The van der Waals surface area contributed by atoms with Crippen LogP contribution in [0.1, 0.15) is 103 Å². The molecule has 1 aromatic heterocycles. The standard InChI is InChI=1S/C36H52FN3O3/c1-25(2)42-34(41)33(43-35(4,5)6)31-26(3)38-24-30(32(31)40-22-17-36(7,8)18-23-40)28-15-20-39(21-16-28)19-9-10-27-11-13-29(37)14-12-27/h11-15,24-25,33H,9-10,16-23H2,1-8H3/t33-/m0/s1. The minimum atomic E-state index is -0.869. The molecule has 2 aromatic rings. The summed E-state index contributed by atoms with van der Waals surface area (Å²) in [6.45, 7) is 21.0. The summed E-state index contributed by atoms with van der Waals surface area (Å²) >= 11 is 0. The zero-order valence-corrected chi connectivity index (χ0v) is 27.6. The van der Waals surface area contributed by atoms with Gasteiger partial charge in [-0.05, 0) is 109 Å². The molecule has 0 bridgehead atoms. The van der Waals surface area contributed by atoms with Crippen molar-refractivity contribution in [2.45, 2.75) is 105 Å². The molecule has 0 unspecified atom stereocenters. The predicted octanol–water partition coefficient (Wildman–Crippen LogP) is 7.69. The Morgan fingerprint density at radius 1 is 1.09 bits per heavy atom. The third kappa shape index (κ3) is 9.12. The normalized spacial score (nSPS) is 18.5.